The number of rotatable bonds is 24. The van der Waals surface area contributed by atoms with Crippen molar-refractivity contribution < 1.29 is 19.2 Å². The minimum Gasteiger partial charge on any atom is -0.372 e. The molecule has 230 valence electrons. The average Bonchev–Trinajstić information content (AvgIpc) is 2.97. The van der Waals surface area contributed by atoms with Crippen molar-refractivity contribution >= 4 is 35.0 Å². The molecule has 1 heterocycles. The molecule has 0 radical (unpaired) electrons. The maximum absolute atomic E-state index is 12.3. The molecule has 1 fully saturated rings. The molecule has 41 heavy (non-hydrogen) atoms. The second-order valence-corrected chi connectivity index (χ2v) is 11.6. The number of amides is 4. The lowest BCUT2D eigenvalue weighted by Crippen LogP contribution is -2.58. The summed E-state index contributed by atoms with van der Waals surface area (Å²) < 4.78 is 0. The molecule has 1 aromatic carbocycles. The highest BCUT2D eigenvalue weighted by Gasteiger charge is 2.40. The van der Waals surface area contributed by atoms with Crippen LogP contribution >= 0.6 is 0 Å². The van der Waals surface area contributed by atoms with Crippen LogP contribution in [0.3, 0.4) is 0 Å². The first kappa shape index (κ1) is 34.5. The number of urea groups is 1. The number of carbonyl (C=O) groups is 4. The van der Waals surface area contributed by atoms with Crippen molar-refractivity contribution in [3.8, 4) is 0 Å². The summed E-state index contributed by atoms with van der Waals surface area (Å²) in [4.78, 5) is 50.9. The summed E-state index contributed by atoms with van der Waals surface area (Å²) >= 11 is 0. The summed E-state index contributed by atoms with van der Waals surface area (Å²) in [7, 11) is 0. The zero-order valence-electron chi connectivity index (χ0n) is 25.9. The van der Waals surface area contributed by atoms with E-state index in [1.165, 1.54) is 116 Å². The number of Topliss-reactive ketones (excluding diaryl/α,β-unsaturated/α-hetero) is 1. The number of barbiturate groups is 1. The Bertz CT molecular complexity index is 891. The number of unbranched alkanes of at least 4 members (excludes halogenated alkanes) is 18. The van der Waals surface area contributed by atoms with E-state index in [-0.39, 0.29) is 5.69 Å². The van der Waals surface area contributed by atoms with Crippen molar-refractivity contribution in [3.63, 3.8) is 0 Å². The monoisotopic (exact) mass is 569 g/mol. The minimum absolute atomic E-state index is 0.287. The largest absolute Gasteiger partial charge is 0.372 e. The van der Waals surface area contributed by atoms with Crippen LogP contribution in [0.25, 0.3) is 0 Å². The van der Waals surface area contributed by atoms with Gasteiger partial charge in [0.05, 0.1) is 5.69 Å². The van der Waals surface area contributed by atoms with Gasteiger partial charge in [0.25, 0.3) is 0 Å². The highest BCUT2D eigenvalue weighted by Crippen LogP contribution is 2.24. The predicted octanol–water partition coefficient (Wildman–Crippen LogP) is 8.49. The topological polar surface area (TPSA) is 86.8 Å². The molecule has 0 aliphatic carbocycles. The number of ketones is 1. The Hall–Kier alpha value is -2.70. The van der Waals surface area contributed by atoms with Crippen LogP contribution in [0, 0.1) is 0 Å². The summed E-state index contributed by atoms with van der Waals surface area (Å²) in [5.41, 5.74) is 1.34. The molecule has 1 N–H and O–H groups in total. The highest BCUT2D eigenvalue weighted by atomic mass is 16.2. The number of imide groups is 2. The number of nitrogens with zero attached hydrogens (tertiary/aromatic N) is 2. The van der Waals surface area contributed by atoms with Crippen LogP contribution in [0.1, 0.15) is 142 Å². The third kappa shape index (κ3) is 13.2. The molecule has 7 nitrogen and oxygen atoms in total. The van der Waals surface area contributed by atoms with Crippen LogP contribution in [-0.4, -0.2) is 36.7 Å². The van der Waals surface area contributed by atoms with E-state index in [9.17, 15) is 19.2 Å². The summed E-state index contributed by atoms with van der Waals surface area (Å²) in [6.07, 6.45) is 26.1. The molecular weight excluding hydrogens is 514 g/mol. The molecule has 0 spiro atoms. The number of anilines is 2. The van der Waals surface area contributed by atoms with E-state index in [2.05, 4.69) is 18.7 Å². The third-order valence-electron chi connectivity index (χ3n) is 8.06. The van der Waals surface area contributed by atoms with Crippen LogP contribution in [0.2, 0.25) is 0 Å². The first-order valence-corrected chi connectivity index (χ1v) is 16.6. The lowest BCUT2D eigenvalue weighted by atomic mass is 10.1. The number of carbonyl (C=O) groups excluding carboxylic acids is 4. The van der Waals surface area contributed by atoms with Gasteiger partial charge in [0, 0.05) is 18.8 Å². The van der Waals surface area contributed by atoms with E-state index >= 15 is 0 Å². The zero-order valence-corrected chi connectivity index (χ0v) is 25.9. The molecule has 1 aliphatic rings. The molecule has 0 unspecified atom stereocenters. The maximum Gasteiger partial charge on any atom is 0.336 e. The second kappa shape index (κ2) is 21.1. The number of hydrogen-bond donors (Lipinski definition) is 1. The van der Waals surface area contributed by atoms with Gasteiger partial charge in [0.1, 0.15) is 0 Å². The van der Waals surface area contributed by atoms with Crippen LogP contribution in [-0.2, 0) is 14.4 Å². The average molecular weight is 570 g/mol. The number of hydrogen-bond acceptors (Lipinski definition) is 5. The Morgan fingerprint density at radius 3 is 1.37 bits per heavy atom. The van der Waals surface area contributed by atoms with E-state index in [1.54, 1.807) is 12.1 Å². The Labute approximate surface area is 248 Å². The van der Waals surface area contributed by atoms with E-state index in [1.807, 2.05) is 17.4 Å². The van der Waals surface area contributed by atoms with Crippen molar-refractivity contribution in [1.82, 2.24) is 5.32 Å². The van der Waals surface area contributed by atoms with Gasteiger partial charge in [-0.2, -0.15) is 0 Å². The molecular formula is C34H55N3O4. The van der Waals surface area contributed by atoms with E-state index in [4.69, 9.17) is 0 Å². The van der Waals surface area contributed by atoms with E-state index < -0.39 is 23.6 Å². The summed E-state index contributed by atoms with van der Waals surface area (Å²) in [5, 5.41) is 1.94. The molecule has 0 aromatic heterocycles. The van der Waals surface area contributed by atoms with Gasteiger partial charge >= 0.3 is 23.6 Å². The quantitative estimate of drug-likeness (QED) is 0.0996. The standard InChI is InChI=1S/C34H55N3O4/c1-3-5-7-9-11-13-15-17-19-21-27-36(28-22-20-18-16-14-12-10-8-6-4-2)29-23-25-30(26-24-29)37-33(40)31(38)32(39)35-34(37)41/h23-26H,3-22,27-28H2,1-2H3,(H,35,39,41). The lowest BCUT2D eigenvalue weighted by Gasteiger charge is -2.27. The highest BCUT2D eigenvalue weighted by molar-refractivity contribution is 6.70. The normalized spacial score (nSPS) is 13.7. The molecule has 1 aromatic rings. The molecule has 1 saturated heterocycles. The van der Waals surface area contributed by atoms with Gasteiger partial charge in [0.2, 0.25) is 0 Å². The summed E-state index contributed by atoms with van der Waals surface area (Å²) in [6.45, 7) is 6.47. The van der Waals surface area contributed by atoms with Crippen LogP contribution in [0.15, 0.2) is 24.3 Å². The van der Waals surface area contributed by atoms with Gasteiger partial charge in [-0.1, -0.05) is 129 Å². The second-order valence-electron chi connectivity index (χ2n) is 11.6. The van der Waals surface area contributed by atoms with Crippen molar-refractivity contribution in [3.05, 3.63) is 24.3 Å². The fraction of sp³-hybridized carbons (Fsp3) is 0.706. The van der Waals surface area contributed by atoms with Gasteiger partial charge < -0.3 is 4.90 Å². The lowest BCUT2D eigenvalue weighted by molar-refractivity contribution is -0.145. The smallest absolute Gasteiger partial charge is 0.336 e. The van der Waals surface area contributed by atoms with Gasteiger partial charge in [-0.25, -0.2) is 9.69 Å². The molecule has 0 bridgehead atoms. The SMILES string of the molecule is CCCCCCCCCCCCN(CCCCCCCCCCCC)c1ccc(N2C(=O)NC(=O)C(=O)C2=O)cc1. The van der Waals surface area contributed by atoms with Crippen molar-refractivity contribution in [1.29, 1.82) is 0 Å². The van der Waals surface area contributed by atoms with Gasteiger partial charge in [-0.15, -0.1) is 0 Å². The Morgan fingerprint density at radius 1 is 0.561 bits per heavy atom. The Balaban J connectivity index is 1.84. The first-order chi connectivity index (χ1) is 20.0. The summed E-state index contributed by atoms with van der Waals surface area (Å²) in [5.74, 6) is -3.51. The number of benzene rings is 1. The molecule has 0 atom stereocenters. The molecule has 4 amide bonds. The van der Waals surface area contributed by atoms with Gasteiger partial charge in [0.15, 0.2) is 0 Å². The van der Waals surface area contributed by atoms with Crippen molar-refractivity contribution in [2.45, 2.75) is 142 Å². The van der Waals surface area contributed by atoms with Crippen molar-refractivity contribution in [2.75, 3.05) is 22.9 Å². The predicted molar refractivity (Wildman–Crippen MR) is 168 cm³/mol. The number of nitrogens with one attached hydrogen (secondary N) is 1. The van der Waals surface area contributed by atoms with Crippen LogP contribution in [0.5, 0.6) is 0 Å². The fourth-order valence-electron chi connectivity index (χ4n) is 5.50. The third-order valence-corrected chi connectivity index (χ3v) is 8.06. The molecule has 7 heteroatoms. The zero-order chi connectivity index (χ0) is 29.7. The van der Waals surface area contributed by atoms with E-state index in [0.717, 1.165) is 36.5 Å². The summed E-state index contributed by atoms with van der Waals surface area (Å²) in [6, 6.07) is 6.28. The van der Waals surface area contributed by atoms with Gasteiger partial charge in [-0.05, 0) is 37.1 Å². The molecule has 2 rings (SSSR count). The van der Waals surface area contributed by atoms with Crippen LogP contribution < -0.4 is 15.1 Å². The Morgan fingerprint density at radius 2 is 0.951 bits per heavy atom. The minimum atomic E-state index is -1.22. The van der Waals surface area contributed by atoms with Crippen molar-refractivity contribution in [2.24, 2.45) is 0 Å². The van der Waals surface area contributed by atoms with E-state index in [0.29, 0.717) is 0 Å². The first-order valence-electron chi connectivity index (χ1n) is 16.6. The molecule has 1 aliphatic heterocycles. The van der Waals surface area contributed by atoms with Gasteiger partial charge in [-0.3, -0.25) is 19.7 Å². The van der Waals surface area contributed by atoms with Crippen LogP contribution in [0.4, 0.5) is 16.2 Å². The fourth-order valence-corrected chi connectivity index (χ4v) is 5.50. The maximum atomic E-state index is 12.3. The molecule has 0 saturated carbocycles. The Kier molecular flexibility index (Phi) is 17.7.